The lowest BCUT2D eigenvalue weighted by Gasteiger charge is -2.32. The summed E-state index contributed by atoms with van der Waals surface area (Å²) in [4.78, 5) is 107. The zero-order chi connectivity index (χ0) is 95.2. The van der Waals surface area contributed by atoms with Crippen LogP contribution in [-0.2, 0) is 67.4 Å². The number of carbonyl (C=O) groups is 4. The fourth-order valence-electron chi connectivity index (χ4n) is 16.6. The Labute approximate surface area is 804 Å². The van der Waals surface area contributed by atoms with Crippen LogP contribution in [0.5, 0.6) is 11.5 Å². The molecule has 0 radical (unpaired) electrons. The van der Waals surface area contributed by atoms with Gasteiger partial charge in [0, 0.05) is 175 Å². The number of amides is 4. The van der Waals surface area contributed by atoms with Crippen molar-refractivity contribution in [2.24, 2.45) is 4.99 Å². The predicted octanol–water partition coefficient (Wildman–Crippen LogP) is 17.7. The van der Waals surface area contributed by atoms with Crippen molar-refractivity contribution in [2.45, 2.75) is 150 Å². The third-order valence-electron chi connectivity index (χ3n) is 24.4. The van der Waals surface area contributed by atoms with Crippen LogP contribution in [-0.4, -0.2) is 162 Å². The van der Waals surface area contributed by atoms with E-state index in [1.54, 1.807) is 50.1 Å². The molecule has 15 heterocycles. The van der Waals surface area contributed by atoms with E-state index in [4.69, 9.17) is 84.5 Å². The van der Waals surface area contributed by atoms with Gasteiger partial charge in [0.25, 0.3) is 0 Å². The van der Waals surface area contributed by atoms with Crippen LogP contribution < -0.4 is 40.3 Å². The van der Waals surface area contributed by atoms with Gasteiger partial charge >= 0.3 is 7.12 Å². The summed E-state index contributed by atoms with van der Waals surface area (Å²) in [6, 6.07) is 53.9. The summed E-state index contributed by atoms with van der Waals surface area (Å²) in [7, 11) is 2.91. The minimum absolute atomic E-state index is 0.189. The molecule has 5 saturated heterocycles. The van der Waals surface area contributed by atoms with Gasteiger partial charge in [-0.1, -0.05) is 102 Å². The zero-order valence-corrected chi connectivity index (χ0v) is 79.4. The second-order valence-corrected chi connectivity index (χ2v) is 35.8. The number of nitrogens with two attached hydrogens (primary N) is 1. The van der Waals surface area contributed by atoms with Crippen LogP contribution in [0.2, 0.25) is 15.5 Å². The van der Waals surface area contributed by atoms with Gasteiger partial charge in [-0.15, -0.1) is 0 Å². The maximum absolute atomic E-state index is 12.2. The van der Waals surface area contributed by atoms with E-state index in [0.29, 0.717) is 85.7 Å². The fraction of sp³-hybridized carbons (Fsp3) is 0.282. The average molecular weight is 1880 g/mol. The minimum atomic E-state index is -0.425. The highest BCUT2D eigenvalue weighted by atomic mass is 35.5. The monoisotopic (exact) mass is 1880 g/mol. The van der Waals surface area contributed by atoms with Crippen LogP contribution in [0, 0.1) is 13.8 Å². The molecule has 6 aliphatic heterocycles. The summed E-state index contributed by atoms with van der Waals surface area (Å²) in [5.41, 5.74) is 28.5. The molecular formula is C103H103BCl3N21O8. The quantitative estimate of drug-likeness (QED) is 0.0580. The highest BCUT2D eigenvalue weighted by Gasteiger charge is 2.52. The number of nitrogen functional groups attached to an aromatic ring is 1. The van der Waals surface area contributed by atoms with Gasteiger partial charge in [-0.25, -0.2) is 39.3 Å². The van der Waals surface area contributed by atoms with E-state index in [2.05, 4.69) is 115 Å². The van der Waals surface area contributed by atoms with Crippen molar-refractivity contribution in [3.8, 4) is 34.0 Å². The number of ether oxygens (including phenoxy) is 2. The Hall–Kier alpha value is -14.2. The first kappa shape index (κ1) is 95.0. The van der Waals surface area contributed by atoms with E-state index in [9.17, 15) is 19.2 Å². The number of aliphatic imine (C=N–C) groups is 1. The molecule has 0 unspecified atom stereocenters. The number of rotatable bonds is 19. The lowest BCUT2D eigenvalue weighted by molar-refractivity contribution is -0.117. The minimum Gasteiger partial charge on any atom is -0.497 e. The van der Waals surface area contributed by atoms with E-state index in [1.807, 2.05) is 185 Å². The normalized spacial score (nSPS) is 15.1. The first-order valence-corrected chi connectivity index (χ1v) is 46.2. The third-order valence-corrected chi connectivity index (χ3v) is 24.9. The Bertz CT molecular complexity index is 6870. The summed E-state index contributed by atoms with van der Waals surface area (Å²) >= 11 is 16.6. The molecule has 4 amide bonds. The van der Waals surface area contributed by atoms with Gasteiger partial charge in [-0.2, -0.15) is 10.2 Å². The Morgan fingerprint density at radius 2 is 0.809 bits per heavy atom. The van der Waals surface area contributed by atoms with Crippen molar-refractivity contribution >= 4 is 127 Å². The SMILES string of the molecule is CC1=NCc2ncc(-c3cncc(Cc4cccc(N5CCCC5=O)c4)n3)cc21.COc1ccc(Cn2nc(C)c3cc(-c4cncc(Cc5cccc(N6CCCC6=O)c5)n4)cnc32)cc1.COc1ccc(Cn2nc(C)c3cc(B4OC(C)(C)C(C)(C)O4)cnc32)cc1.Clc1cncc(Cl)n1.Nc1cccc(N2CCCC2=O)c1.O=C1CCCN1c1cccc(Cc2cncc(Cl)n2)c1. The summed E-state index contributed by atoms with van der Waals surface area (Å²) in [5.74, 6) is 2.46. The number of nitrogens with zero attached hydrogens (tertiary/aromatic N) is 20. The summed E-state index contributed by atoms with van der Waals surface area (Å²) in [5, 5.41) is 12.5. The summed E-state index contributed by atoms with van der Waals surface area (Å²) < 4.78 is 26.7. The summed E-state index contributed by atoms with van der Waals surface area (Å²) in [6.45, 7) is 19.4. The van der Waals surface area contributed by atoms with E-state index in [1.165, 1.54) is 18.6 Å². The van der Waals surface area contributed by atoms with Crippen LogP contribution in [0.25, 0.3) is 44.6 Å². The Balaban J connectivity index is 0.000000124. The molecule has 21 rings (SSSR count). The molecule has 29 nitrogen and oxygen atoms in total. The predicted molar refractivity (Wildman–Crippen MR) is 531 cm³/mol. The molecule has 9 aromatic heterocycles. The van der Waals surface area contributed by atoms with Crippen molar-refractivity contribution in [1.29, 1.82) is 0 Å². The number of carbonyl (C=O) groups excluding carboxylic acids is 4. The fourth-order valence-corrected chi connectivity index (χ4v) is 17.1. The Kier molecular flexibility index (Phi) is 30.1. The summed E-state index contributed by atoms with van der Waals surface area (Å²) in [6.07, 6.45) is 26.9. The Morgan fingerprint density at radius 1 is 0.419 bits per heavy atom. The van der Waals surface area contributed by atoms with Gasteiger partial charge in [0.05, 0.1) is 122 Å². The van der Waals surface area contributed by atoms with Gasteiger partial charge in [0.15, 0.2) is 11.3 Å². The molecule has 0 saturated carbocycles. The van der Waals surface area contributed by atoms with E-state index in [-0.39, 0.29) is 34.8 Å². The van der Waals surface area contributed by atoms with Gasteiger partial charge in [-0.05, 0) is 199 Å². The molecule has 0 spiro atoms. The molecule has 6 aromatic carbocycles. The molecule has 0 bridgehead atoms. The van der Waals surface area contributed by atoms with E-state index < -0.39 is 7.12 Å². The number of hydrogen-bond donors (Lipinski definition) is 1. The molecule has 0 aliphatic carbocycles. The highest BCUT2D eigenvalue weighted by Crippen LogP contribution is 2.38. The molecule has 6 aliphatic rings. The van der Waals surface area contributed by atoms with Crippen LogP contribution >= 0.6 is 34.8 Å². The van der Waals surface area contributed by atoms with Crippen molar-refractivity contribution < 1.29 is 38.0 Å². The molecule has 15 aromatic rings. The topological polar surface area (TPSA) is 334 Å². The lowest BCUT2D eigenvalue weighted by atomic mass is 9.80. The molecule has 0 atom stereocenters. The second-order valence-electron chi connectivity index (χ2n) is 34.6. The number of fused-ring (bicyclic) bond motifs is 3. The number of aromatic nitrogens is 15. The van der Waals surface area contributed by atoms with E-state index in [0.717, 1.165) is 209 Å². The maximum Gasteiger partial charge on any atom is 0.496 e. The second kappa shape index (κ2) is 43.0. The highest BCUT2D eigenvalue weighted by molar-refractivity contribution is 6.62. The standard InChI is InChI=1S/C30H28N6O2.C23H21N5O.C21H26BN3O3.C15H14ClN3O.C10H12N2O.C4H2Cl2N2/c1-20-27-15-23(16-32-30(27)36(34-20)19-21-8-10-26(38-2)11-9-21)28-18-31-17-24(33-28)13-22-5-3-6-25(14-22)35-12-4-7-29(35)37;1-15-20-10-17(11-26-22(20)14-25-15)21-13-24-12-18(27-21)8-16-4-2-5-19(9-16)28-7-3-6-23(28)29;1-14-18-11-16(22-27-20(2,3)21(4,5)28-22)12-23-19(18)25(24-14)13-15-7-9-17(26-6)10-8-15;16-14-10-17-9-12(18-14)7-11-3-1-4-13(8-11)19-6-2-5-15(19)20;11-8-3-1-4-9(7-8)12-6-2-5-10(12)13;5-3-1-7-2-4(6)8-3/h3,5-6,8-11,14-18H,4,7,12-13,19H2,1-2H3;2,4-5,9-13H,3,6-8,14H2,1H3;7-12H,13H2,1-6H3;1,3-4,8-10H,2,5-7H2;1,3-4,7H,2,5-6,11H2;1-2H. The molecule has 692 valence electrons. The van der Waals surface area contributed by atoms with Crippen molar-refractivity contribution in [1.82, 2.24) is 74.4 Å². The molecule has 33 heteroatoms. The number of anilines is 5. The van der Waals surface area contributed by atoms with Crippen molar-refractivity contribution in [3.05, 3.63) is 315 Å². The maximum atomic E-state index is 12.2. The van der Waals surface area contributed by atoms with Crippen LogP contribution in [0.1, 0.15) is 154 Å². The number of aryl methyl sites for hydroxylation is 2. The van der Waals surface area contributed by atoms with Gasteiger partial charge in [0.2, 0.25) is 23.6 Å². The first-order chi connectivity index (χ1) is 65.7. The largest absolute Gasteiger partial charge is 0.497 e. The average Bonchev–Trinajstić information content (AvgIpc) is 1.60. The van der Waals surface area contributed by atoms with Gasteiger partial charge < -0.3 is 44.1 Å². The first-order valence-electron chi connectivity index (χ1n) is 45.1. The van der Waals surface area contributed by atoms with Crippen LogP contribution in [0.3, 0.4) is 0 Å². The number of methoxy groups -OCH3 is 2. The Morgan fingerprint density at radius 3 is 1.22 bits per heavy atom. The van der Waals surface area contributed by atoms with Gasteiger partial charge in [-0.3, -0.25) is 49.1 Å². The molecular weight excluding hydrogens is 1780 g/mol. The van der Waals surface area contributed by atoms with Crippen LogP contribution in [0.15, 0.2) is 237 Å². The van der Waals surface area contributed by atoms with E-state index >= 15 is 0 Å². The van der Waals surface area contributed by atoms with Crippen molar-refractivity contribution in [3.63, 3.8) is 0 Å². The number of benzene rings is 6. The van der Waals surface area contributed by atoms with Crippen LogP contribution in [0.4, 0.5) is 28.4 Å². The zero-order valence-electron chi connectivity index (χ0n) is 77.2. The number of pyridine rings is 3. The number of halogens is 3. The molecule has 136 heavy (non-hydrogen) atoms. The smallest absolute Gasteiger partial charge is 0.496 e. The third kappa shape index (κ3) is 23.4. The molecule has 2 N–H and O–H groups in total. The lowest BCUT2D eigenvalue weighted by Crippen LogP contribution is -2.41. The van der Waals surface area contributed by atoms with Crippen molar-refractivity contribution in [2.75, 3.05) is 65.7 Å². The number of hydrogen-bond acceptors (Lipinski definition) is 23. The van der Waals surface area contributed by atoms with Gasteiger partial charge in [0.1, 0.15) is 27.0 Å². The molecule has 5 fully saturated rings.